The quantitative estimate of drug-likeness (QED) is 0.349. The van der Waals surface area contributed by atoms with Crippen molar-refractivity contribution in [3.63, 3.8) is 0 Å². The first kappa shape index (κ1) is 19.2. The van der Waals surface area contributed by atoms with Crippen molar-refractivity contribution in [2.24, 2.45) is 5.73 Å². The molecule has 0 fully saturated rings. The van der Waals surface area contributed by atoms with Crippen LogP contribution < -0.4 is 11.1 Å². The minimum absolute atomic E-state index is 0.0814. The fourth-order valence-corrected chi connectivity index (χ4v) is 1.77. The molecular weight excluding hydrogens is 264 g/mol. The predicted octanol–water partition coefficient (Wildman–Crippen LogP) is 3.01. The monoisotopic (exact) mass is 292 g/mol. The van der Waals surface area contributed by atoms with E-state index >= 15 is 0 Å². The molecular formula is C17H28N2O2. The van der Waals surface area contributed by atoms with E-state index in [4.69, 9.17) is 5.73 Å². The van der Waals surface area contributed by atoms with Gasteiger partial charge >= 0.3 is 0 Å². The molecule has 0 aromatic rings. The molecule has 4 nitrogen and oxygen atoms in total. The Labute approximate surface area is 128 Å². The SMILES string of the molecule is C\C=C/C(N)=C\C=C(/C)CCCC(=O)NCCCCC=O. The summed E-state index contributed by atoms with van der Waals surface area (Å²) < 4.78 is 0. The van der Waals surface area contributed by atoms with Crippen molar-refractivity contribution >= 4 is 12.2 Å². The average molecular weight is 292 g/mol. The Morgan fingerprint density at radius 3 is 2.57 bits per heavy atom. The molecule has 0 rings (SSSR count). The van der Waals surface area contributed by atoms with Crippen LogP contribution in [0.1, 0.15) is 52.4 Å². The maximum absolute atomic E-state index is 11.6. The number of unbranched alkanes of at least 4 members (excludes halogenated alkanes) is 2. The fourth-order valence-electron chi connectivity index (χ4n) is 1.77. The third kappa shape index (κ3) is 12.9. The Kier molecular flexibility index (Phi) is 12.0. The summed E-state index contributed by atoms with van der Waals surface area (Å²) in [6, 6.07) is 0. The van der Waals surface area contributed by atoms with Crippen molar-refractivity contribution in [3.8, 4) is 0 Å². The lowest BCUT2D eigenvalue weighted by Gasteiger charge is -2.04. The van der Waals surface area contributed by atoms with Crippen LogP contribution in [0.15, 0.2) is 35.6 Å². The Hall–Kier alpha value is -1.84. The average Bonchev–Trinajstić information content (AvgIpc) is 2.45. The van der Waals surface area contributed by atoms with Crippen LogP contribution in [0.5, 0.6) is 0 Å². The third-order valence-electron chi connectivity index (χ3n) is 2.97. The van der Waals surface area contributed by atoms with Crippen LogP contribution in [0.2, 0.25) is 0 Å². The van der Waals surface area contributed by atoms with Gasteiger partial charge in [0.05, 0.1) is 0 Å². The van der Waals surface area contributed by atoms with Crippen molar-refractivity contribution in [2.75, 3.05) is 6.54 Å². The lowest BCUT2D eigenvalue weighted by Crippen LogP contribution is -2.23. The van der Waals surface area contributed by atoms with Crippen LogP contribution in [0.3, 0.4) is 0 Å². The number of carbonyl (C=O) groups excluding carboxylic acids is 2. The van der Waals surface area contributed by atoms with Crippen LogP contribution in [0, 0.1) is 0 Å². The first-order valence-corrected chi connectivity index (χ1v) is 7.56. The summed E-state index contributed by atoms with van der Waals surface area (Å²) in [6.45, 7) is 4.62. The maximum atomic E-state index is 11.6. The highest BCUT2D eigenvalue weighted by Gasteiger charge is 2.00. The molecule has 0 saturated heterocycles. The van der Waals surface area contributed by atoms with Crippen molar-refractivity contribution in [1.29, 1.82) is 0 Å². The van der Waals surface area contributed by atoms with Gasteiger partial charge in [-0.1, -0.05) is 17.7 Å². The molecule has 0 saturated carbocycles. The summed E-state index contributed by atoms with van der Waals surface area (Å²) >= 11 is 0. The third-order valence-corrected chi connectivity index (χ3v) is 2.97. The molecule has 0 heterocycles. The summed E-state index contributed by atoms with van der Waals surface area (Å²) in [5, 5.41) is 2.87. The molecule has 0 aliphatic heterocycles. The molecule has 4 heteroatoms. The topological polar surface area (TPSA) is 72.2 Å². The summed E-state index contributed by atoms with van der Waals surface area (Å²) in [6.07, 6.45) is 13.1. The van der Waals surface area contributed by atoms with Gasteiger partial charge in [-0.25, -0.2) is 0 Å². The minimum Gasteiger partial charge on any atom is -0.399 e. The van der Waals surface area contributed by atoms with E-state index < -0.39 is 0 Å². The summed E-state index contributed by atoms with van der Waals surface area (Å²) in [4.78, 5) is 21.7. The zero-order valence-electron chi connectivity index (χ0n) is 13.2. The number of hydrogen-bond donors (Lipinski definition) is 2. The van der Waals surface area contributed by atoms with Crippen LogP contribution in [0.25, 0.3) is 0 Å². The Bertz CT molecular complexity index is 396. The van der Waals surface area contributed by atoms with Gasteiger partial charge in [0.25, 0.3) is 0 Å². The smallest absolute Gasteiger partial charge is 0.220 e. The predicted molar refractivity (Wildman–Crippen MR) is 87.6 cm³/mol. The normalized spacial score (nSPS) is 12.7. The number of nitrogens with one attached hydrogen (secondary N) is 1. The molecule has 0 aromatic carbocycles. The van der Waals surface area contributed by atoms with Gasteiger partial charge in [0.15, 0.2) is 0 Å². The molecule has 0 bridgehead atoms. The van der Waals surface area contributed by atoms with E-state index in [1.165, 1.54) is 5.57 Å². The van der Waals surface area contributed by atoms with Gasteiger partial charge in [-0.15, -0.1) is 0 Å². The van der Waals surface area contributed by atoms with Gasteiger partial charge in [-0.05, 0) is 51.7 Å². The molecule has 118 valence electrons. The molecule has 1 amide bonds. The first-order chi connectivity index (χ1) is 10.1. The molecule has 3 N–H and O–H groups in total. The van der Waals surface area contributed by atoms with E-state index in [-0.39, 0.29) is 5.91 Å². The highest BCUT2D eigenvalue weighted by Crippen LogP contribution is 2.07. The van der Waals surface area contributed by atoms with Crippen molar-refractivity contribution in [1.82, 2.24) is 5.32 Å². The van der Waals surface area contributed by atoms with Crippen LogP contribution in [-0.2, 0) is 9.59 Å². The molecule has 0 unspecified atom stereocenters. The molecule has 0 radical (unpaired) electrons. The molecule has 21 heavy (non-hydrogen) atoms. The number of hydrogen-bond acceptors (Lipinski definition) is 3. The largest absolute Gasteiger partial charge is 0.399 e. The van der Waals surface area contributed by atoms with Gasteiger partial charge in [0.2, 0.25) is 5.91 Å². The van der Waals surface area contributed by atoms with E-state index in [1.807, 2.05) is 38.2 Å². The summed E-state index contributed by atoms with van der Waals surface area (Å²) in [5.74, 6) is 0.0814. The van der Waals surface area contributed by atoms with Crippen LogP contribution >= 0.6 is 0 Å². The summed E-state index contributed by atoms with van der Waals surface area (Å²) in [7, 11) is 0. The number of nitrogens with two attached hydrogens (primary N) is 1. The number of amides is 1. The molecule has 0 aliphatic rings. The molecule has 0 aromatic heterocycles. The van der Waals surface area contributed by atoms with E-state index in [0.717, 1.165) is 37.7 Å². The van der Waals surface area contributed by atoms with Gasteiger partial charge in [-0.2, -0.15) is 0 Å². The molecule has 0 aliphatic carbocycles. The summed E-state index contributed by atoms with van der Waals surface area (Å²) in [5.41, 5.74) is 7.68. The molecule has 0 atom stereocenters. The van der Waals surface area contributed by atoms with E-state index in [0.29, 0.717) is 19.4 Å². The highest BCUT2D eigenvalue weighted by atomic mass is 16.1. The number of allylic oxidation sites excluding steroid dienone is 5. The van der Waals surface area contributed by atoms with E-state index in [9.17, 15) is 9.59 Å². The number of rotatable bonds is 11. The van der Waals surface area contributed by atoms with Gasteiger partial charge in [-0.3, -0.25) is 4.79 Å². The zero-order chi connectivity index (χ0) is 15.9. The lowest BCUT2D eigenvalue weighted by molar-refractivity contribution is -0.121. The highest BCUT2D eigenvalue weighted by molar-refractivity contribution is 5.75. The van der Waals surface area contributed by atoms with Gasteiger partial charge < -0.3 is 15.8 Å². The Morgan fingerprint density at radius 2 is 1.90 bits per heavy atom. The minimum atomic E-state index is 0.0814. The number of carbonyl (C=O) groups is 2. The Balaban J connectivity index is 3.77. The first-order valence-electron chi connectivity index (χ1n) is 7.56. The van der Waals surface area contributed by atoms with Gasteiger partial charge in [0, 0.05) is 25.1 Å². The number of aldehydes is 1. The van der Waals surface area contributed by atoms with Crippen molar-refractivity contribution in [3.05, 3.63) is 35.6 Å². The second-order valence-corrected chi connectivity index (χ2v) is 5.05. The molecule has 0 spiro atoms. The second-order valence-electron chi connectivity index (χ2n) is 5.05. The van der Waals surface area contributed by atoms with Crippen LogP contribution in [-0.4, -0.2) is 18.7 Å². The van der Waals surface area contributed by atoms with Crippen molar-refractivity contribution in [2.45, 2.75) is 52.4 Å². The van der Waals surface area contributed by atoms with E-state index in [1.54, 1.807) is 0 Å². The fraction of sp³-hybridized carbons (Fsp3) is 0.529. The van der Waals surface area contributed by atoms with Crippen molar-refractivity contribution < 1.29 is 9.59 Å². The second kappa shape index (κ2) is 13.2. The lowest BCUT2D eigenvalue weighted by atomic mass is 10.1. The van der Waals surface area contributed by atoms with Gasteiger partial charge in [0.1, 0.15) is 6.29 Å². The maximum Gasteiger partial charge on any atom is 0.220 e. The van der Waals surface area contributed by atoms with E-state index in [2.05, 4.69) is 5.32 Å². The Morgan fingerprint density at radius 1 is 1.14 bits per heavy atom. The van der Waals surface area contributed by atoms with Crippen LogP contribution in [0.4, 0.5) is 0 Å². The standard InChI is InChI=1S/C17H28N2O2/c1-3-8-16(18)12-11-15(2)9-7-10-17(21)19-13-5-4-6-14-20/h3,8,11-12,14H,4-7,9-10,13,18H2,1-2H3,(H,19,21)/b8-3-,15-11+,16-12+. The zero-order valence-corrected chi connectivity index (χ0v) is 13.2.